The summed E-state index contributed by atoms with van der Waals surface area (Å²) in [6.07, 6.45) is -0.216. The topological polar surface area (TPSA) is 41.1 Å². The number of piperidine rings is 1. The molecule has 0 unspecified atom stereocenters. The lowest BCUT2D eigenvalue weighted by molar-refractivity contribution is -0.137. The largest absolute Gasteiger partial charge is 0.416 e. The first kappa shape index (κ1) is 20.0. The van der Waals surface area contributed by atoms with Crippen LogP contribution in [-0.4, -0.2) is 18.5 Å². The van der Waals surface area contributed by atoms with Crippen molar-refractivity contribution in [1.29, 1.82) is 0 Å². The van der Waals surface area contributed by atoms with Gasteiger partial charge in [0, 0.05) is 5.56 Å². The minimum absolute atomic E-state index is 0. The number of hydrogen-bond acceptors (Lipinski definition) is 2. The molecule has 0 spiro atoms. The Balaban J connectivity index is 0.00000225. The minimum atomic E-state index is -4.58. The number of alkyl halides is 3. The Morgan fingerprint density at radius 3 is 2.44 bits per heavy atom. The van der Waals surface area contributed by atoms with Crippen LogP contribution in [0.3, 0.4) is 0 Å². The molecule has 1 heterocycles. The summed E-state index contributed by atoms with van der Waals surface area (Å²) in [7, 11) is 0. The third-order valence-electron chi connectivity index (χ3n) is 4.68. The Hall–Kier alpha value is -1.34. The van der Waals surface area contributed by atoms with Gasteiger partial charge in [-0.05, 0) is 50.3 Å². The molecule has 1 aliphatic carbocycles. The fourth-order valence-electron chi connectivity index (χ4n) is 3.16. The molecule has 25 heavy (non-hydrogen) atoms. The average molecular weight is 381 g/mol. The van der Waals surface area contributed by atoms with Gasteiger partial charge in [0.15, 0.2) is 0 Å². The standard InChI is InChI=1S/C17H20F4N2O.ClH/c18-13-9-11(17(19,20)21)6-7-12(13)15(10-4-5-10)23-16(24)14-3-1-2-8-22-14;/h6-7,9-10,14-15,22H,1-5,8H2,(H,23,24);1H/t14-,15-;/m1./s1. The molecule has 1 amide bonds. The minimum Gasteiger partial charge on any atom is -0.348 e. The van der Waals surface area contributed by atoms with E-state index in [1.54, 1.807) is 0 Å². The lowest BCUT2D eigenvalue weighted by Crippen LogP contribution is -2.48. The van der Waals surface area contributed by atoms with Gasteiger partial charge in [-0.15, -0.1) is 12.4 Å². The van der Waals surface area contributed by atoms with E-state index in [9.17, 15) is 22.4 Å². The highest BCUT2D eigenvalue weighted by atomic mass is 35.5. The monoisotopic (exact) mass is 380 g/mol. The molecular formula is C17H21ClF4N2O. The first-order valence-corrected chi connectivity index (χ1v) is 8.26. The molecule has 0 radical (unpaired) electrons. The lowest BCUT2D eigenvalue weighted by Gasteiger charge is -2.26. The number of halogens is 5. The van der Waals surface area contributed by atoms with Gasteiger partial charge in [-0.2, -0.15) is 13.2 Å². The first-order valence-electron chi connectivity index (χ1n) is 8.26. The van der Waals surface area contributed by atoms with E-state index in [1.165, 1.54) is 0 Å². The molecule has 1 aromatic rings. The second kappa shape index (κ2) is 7.91. The van der Waals surface area contributed by atoms with Crippen molar-refractivity contribution < 1.29 is 22.4 Å². The van der Waals surface area contributed by atoms with E-state index in [1.807, 2.05) is 0 Å². The van der Waals surface area contributed by atoms with Crippen molar-refractivity contribution >= 4 is 18.3 Å². The van der Waals surface area contributed by atoms with Crippen LogP contribution in [-0.2, 0) is 11.0 Å². The Bertz CT molecular complexity index is 613. The van der Waals surface area contributed by atoms with Crippen molar-refractivity contribution in [3.63, 3.8) is 0 Å². The van der Waals surface area contributed by atoms with E-state index < -0.39 is 23.6 Å². The third kappa shape index (κ3) is 4.85. The first-order chi connectivity index (χ1) is 11.4. The fraction of sp³-hybridized carbons (Fsp3) is 0.588. The maximum Gasteiger partial charge on any atom is 0.416 e. The molecule has 1 saturated heterocycles. The Morgan fingerprint density at radius 2 is 1.92 bits per heavy atom. The number of amides is 1. The normalized spacial score (nSPS) is 22.0. The van der Waals surface area contributed by atoms with Crippen LogP contribution in [0.25, 0.3) is 0 Å². The van der Waals surface area contributed by atoms with Crippen LogP contribution in [0, 0.1) is 11.7 Å². The number of rotatable bonds is 4. The molecule has 140 valence electrons. The SMILES string of the molecule is Cl.O=C(N[C@@H](c1ccc(C(F)(F)F)cc1F)C1CC1)[C@H]1CCCCN1. The Morgan fingerprint density at radius 1 is 1.20 bits per heavy atom. The second-order valence-electron chi connectivity index (χ2n) is 6.56. The maximum atomic E-state index is 14.2. The highest BCUT2D eigenvalue weighted by Gasteiger charge is 2.38. The number of hydrogen-bond donors (Lipinski definition) is 2. The molecule has 3 nitrogen and oxygen atoms in total. The van der Waals surface area contributed by atoms with Gasteiger partial charge in [0.1, 0.15) is 5.82 Å². The Kier molecular flexibility index (Phi) is 6.32. The van der Waals surface area contributed by atoms with Crippen molar-refractivity contribution in [3.8, 4) is 0 Å². The fourth-order valence-corrected chi connectivity index (χ4v) is 3.16. The molecule has 1 aliphatic heterocycles. The summed E-state index contributed by atoms with van der Waals surface area (Å²) in [5.41, 5.74) is -0.881. The van der Waals surface area contributed by atoms with E-state index in [2.05, 4.69) is 10.6 Å². The number of carbonyl (C=O) groups excluding carboxylic acids is 1. The molecule has 3 rings (SSSR count). The zero-order valence-corrected chi connectivity index (χ0v) is 14.4. The van der Waals surface area contributed by atoms with Gasteiger partial charge >= 0.3 is 6.18 Å². The van der Waals surface area contributed by atoms with Gasteiger partial charge in [-0.25, -0.2) is 4.39 Å². The predicted molar refractivity (Wildman–Crippen MR) is 87.9 cm³/mol. The van der Waals surface area contributed by atoms with Crippen molar-refractivity contribution in [1.82, 2.24) is 10.6 Å². The second-order valence-corrected chi connectivity index (χ2v) is 6.56. The van der Waals surface area contributed by atoms with Crippen LogP contribution < -0.4 is 10.6 Å². The van der Waals surface area contributed by atoms with E-state index >= 15 is 0 Å². The van der Waals surface area contributed by atoms with Gasteiger partial charge in [0.2, 0.25) is 5.91 Å². The van der Waals surface area contributed by atoms with Gasteiger partial charge in [-0.1, -0.05) is 12.5 Å². The van der Waals surface area contributed by atoms with Gasteiger partial charge in [-0.3, -0.25) is 4.79 Å². The number of nitrogens with one attached hydrogen (secondary N) is 2. The van der Waals surface area contributed by atoms with Crippen molar-refractivity contribution in [3.05, 3.63) is 35.1 Å². The van der Waals surface area contributed by atoms with Crippen molar-refractivity contribution in [2.75, 3.05) is 6.54 Å². The third-order valence-corrected chi connectivity index (χ3v) is 4.68. The summed E-state index contributed by atoms with van der Waals surface area (Å²) in [6.45, 7) is 0.765. The molecule has 0 aromatic heterocycles. The van der Waals surface area contributed by atoms with Crippen LogP contribution in [0.5, 0.6) is 0 Å². The van der Waals surface area contributed by atoms with Crippen LogP contribution in [0.4, 0.5) is 17.6 Å². The Labute approximate surface area is 150 Å². The highest BCUT2D eigenvalue weighted by Crippen LogP contribution is 2.42. The van der Waals surface area contributed by atoms with E-state index in [0.717, 1.165) is 50.8 Å². The van der Waals surface area contributed by atoms with Crippen LogP contribution >= 0.6 is 12.4 Å². The number of benzene rings is 1. The smallest absolute Gasteiger partial charge is 0.348 e. The van der Waals surface area contributed by atoms with Gasteiger partial charge in [0.25, 0.3) is 0 Å². The van der Waals surface area contributed by atoms with Crippen molar-refractivity contribution in [2.45, 2.75) is 50.4 Å². The summed E-state index contributed by atoms with van der Waals surface area (Å²) in [4.78, 5) is 12.4. The zero-order valence-electron chi connectivity index (χ0n) is 13.5. The summed E-state index contributed by atoms with van der Waals surface area (Å²) < 4.78 is 52.3. The van der Waals surface area contributed by atoms with E-state index in [-0.39, 0.29) is 35.8 Å². The molecular weight excluding hydrogens is 360 g/mol. The maximum absolute atomic E-state index is 14.2. The number of carbonyl (C=O) groups is 1. The average Bonchev–Trinajstić information content (AvgIpc) is 3.37. The molecule has 2 N–H and O–H groups in total. The molecule has 1 aromatic carbocycles. The van der Waals surface area contributed by atoms with Gasteiger partial charge in [0.05, 0.1) is 17.6 Å². The molecule has 1 saturated carbocycles. The van der Waals surface area contributed by atoms with Gasteiger partial charge < -0.3 is 10.6 Å². The summed E-state index contributed by atoms with van der Waals surface area (Å²) >= 11 is 0. The summed E-state index contributed by atoms with van der Waals surface area (Å²) in [6, 6.07) is 1.66. The zero-order chi connectivity index (χ0) is 17.3. The van der Waals surface area contributed by atoms with Crippen LogP contribution in [0.2, 0.25) is 0 Å². The van der Waals surface area contributed by atoms with E-state index in [4.69, 9.17) is 0 Å². The molecule has 2 atom stereocenters. The molecule has 8 heteroatoms. The summed E-state index contributed by atoms with van der Waals surface area (Å²) in [5.74, 6) is -1.03. The molecule has 2 fully saturated rings. The van der Waals surface area contributed by atoms with Crippen LogP contribution in [0.15, 0.2) is 18.2 Å². The van der Waals surface area contributed by atoms with Crippen molar-refractivity contribution in [2.24, 2.45) is 5.92 Å². The summed E-state index contributed by atoms with van der Waals surface area (Å²) in [5, 5.41) is 5.97. The lowest BCUT2D eigenvalue weighted by atomic mass is 9.98. The molecule has 2 aliphatic rings. The van der Waals surface area contributed by atoms with Crippen LogP contribution in [0.1, 0.15) is 49.3 Å². The van der Waals surface area contributed by atoms with E-state index in [0.29, 0.717) is 6.07 Å². The highest BCUT2D eigenvalue weighted by molar-refractivity contribution is 5.85. The predicted octanol–water partition coefficient (Wildman–Crippen LogP) is 3.98. The molecule has 0 bridgehead atoms. The quantitative estimate of drug-likeness (QED) is 0.776.